The zero-order chi connectivity index (χ0) is 13.4. The SMILES string of the molecule is COc1cc(C)ccc1-c1nc2c(s1)CCCC2=O. The molecule has 19 heavy (non-hydrogen) atoms. The lowest BCUT2D eigenvalue weighted by atomic mass is 10.0. The number of methoxy groups -OCH3 is 1. The van der Waals surface area contributed by atoms with Gasteiger partial charge in [-0.25, -0.2) is 4.98 Å². The Balaban J connectivity index is 2.10. The predicted molar refractivity (Wildman–Crippen MR) is 76.1 cm³/mol. The average Bonchev–Trinajstić information content (AvgIpc) is 2.83. The molecule has 98 valence electrons. The van der Waals surface area contributed by atoms with E-state index in [-0.39, 0.29) is 5.78 Å². The fourth-order valence-electron chi connectivity index (χ4n) is 2.36. The van der Waals surface area contributed by atoms with Crippen molar-refractivity contribution in [3.63, 3.8) is 0 Å². The molecule has 1 aliphatic carbocycles. The van der Waals surface area contributed by atoms with E-state index < -0.39 is 0 Å². The Morgan fingerprint density at radius 3 is 2.89 bits per heavy atom. The van der Waals surface area contributed by atoms with E-state index in [0.717, 1.165) is 39.6 Å². The number of aryl methyl sites for hydroxylation is 2. The molecule has 0 saturated heterocycles. The van der Waals surface area contributed by atoms with Crippen molar-refractivity contribution < 1.29 is 9.53 Å². The van der Waals surface area contributed by atoms with Gasteiger partial charge in [0.05, 0.1) is 12.7 Å². The van der Waals surface area contributed by atoms with Gasteiger partial charge in [0.15, 0.2) is 5.78 Å². The molecule has 0 fully saturated rings. The lowest BCUT2D eigenvalue weighted by molar-refractivity contribution is 0.0968. The molecule has 1 heterocycles. The van der Waals surface area contributed by atoms with Crippen molar-refractivity contribution in [1.82, 2.24) is 4.98 Å². The van der Waals surface area contributed by atoms with Crippen LogP contribution in [0.15, 0.2) is 18.2 Å². The summed E-state index contributed by atoms with van der Waals surface area (Å²) in [4.78, 5) is 17.5. The second-order valence-electron chi connectivity index (χ2n) is 4.77. The zero-order valence-corrected chi connectivity index (χ0v) is 11.8. The molecule has 2 aromatic rings. The minimum absolute atomic E-state index is 0.176. The second kappa shape index (κ2) is 4.78. The van der Waals surface area contributed by atoms with Crippen LogP contribution >= 0.6 is 11.3 Å². The molecule has 3 nitrogen and oxygen atoms in total. The number of ketones is 1. The van der Waals surface area contributed by atoms with Gasteiger partial charge in [-0.15, -0.1) is 11.3 Å². The van der Waals surface area contributed by atoms with Crippen LogP contribution in [0.5, 0.6) is 5.75 Å². The van der Waals surface area contributed by atoms with Gasteiger partial charge in [-0.2, -0.15) is 0 Å². The first-order valence-electron chi connectivity index (χ1n) is 6.37. The van der Waals surface area contributed by atoms with Crippen molar-refractivity contribution in [3.8, 4) is 16.3 Å². The summed E-state index contributed by atoms with van der Waals surface area (Å²) in [6.45, 7) is 2.03. The molecular weight excluding hydrogens is 258 g/mol. The predicted octanol–water partition coefficient (Wildman–Crippen LogP) is 3.65. The minimum atomic E-state index is 0.176. The summed E-state index contributed by atoms with van der Waals surface area (Å²) in [5.74, 6) is 0.994. The largest absolute Gasteiger partial charge is 0.496 e. The number of rotatable bonds is 2. The molecule has 0 N–H and O–H groups in total. The van der Waals surface area contributed by atoms with Crippen LogP contribution in [0.4, 0.5) is 0 Å². The highest BCUT2D eigenvalue weighted by atomic mass is 32.1. The highest BCUT2D eigenvalue weighted by Gasteiger charge is 2.23. The third kappa shape index (κ3) is 2.16. The van der Waals surface area contributed by atoms with Gasteiger partial charge in [-0.05, 0) is 37.5 Å². The maximum absolute atomic E-state index is 11.9. The van der Waals surface area contributed by atoms with Gasteiger partial charge in [0, 0.05) is 11.3 Å². The van der Waals surface area contributed by atoms with E-state index in [0.29, 0.717) is 12.1 Å². The second-order valence-corrected chi connectivity index (χ2v) is 5.85. The maximum Gasteiger partial charge on any atom is 0.182 e. The first kappa shape index (κ1) is 12.4. The number of Topliss-reactive ketones (excluding diaryl/α,β-unsaturated/α-hetero) is 1. The molecule has 3 rings (SSSR count). The highest BCUT2D eigenvalue weighted by Crippen LogP contribution is 2.37. The van der Waals surface area contributed by atoms with Crippen LogP contribution in [0.2, 0.25) is 0 Å². The van der Waals surface area contributed by atoms with Gasteiger partial charge in [-0.1, -0.05) is 6.07 Å². The molecule has 0 spiro atoms. The van der Waals surface area contributed by atoms with Gasteiger partial charge < -0.3 is 4.74 Å². The number of carbonyl (C=O) groups is 1. The smallest absolute Gasteiger partial charge is 0.182 e. The van der Waals surface area contributed by atoms with Gasteiger partial charge in [0.2, 0.25) is 0 Å². The van der Waals surface area contributed by atoms with Crippen molar-refractivity contribution in [2.75, 3.05) is 7.11 Å². The molecule has 1 aromatic carbocycles. The van der Waals surface area contributed by atoms with E-state index in [4.69, 9.17) is 4.74 Å². The summed E-state index contributed by atoms with van der Waals surface area (Å²) in [6, 6.07) is 6.06. The van der Waals surface area contributed by atoms with Crippen molar-refractivity contribution in [3.05, 3.63) is 34.3 Å². The standard InChI is InChI=1S/C15H15NO2S/c1-9-6-7-10(12(8-9)18-2)15-16-14-11(17)4-3-5-13(14)19-15/h6-8H,3-5H2,1-2H3. The normalized spacial score (nSPS) is 14.3. The van der Waals surface area contributed by atoms with Crippen LogP contribution in [0.3, 0.4) is 0 Å². The van der Waals surface area contributed by atoms with Crippen LogP contribution < -0.4 is 4.74 Å². The van der Waals surface area contributed by atoms with Crippen molar-refractivity contribution in [2.45, 2.75) is 26.2 Å². The van der Waals surface area contributed by atoms with E-state index in [1.807, 2.05) is 25.1 Å². The summed E-state index contributed by atoms with van der Waals surface area (Å²) >= 11 is 1.62. The van der Waals surface area contributed by atoms with Crippen LogP contribution in [0.25, 0.3) is 10.6 Å². The topological polar surface area (TPSA) is 39.2 Å². The van der Waals surface area contributed by atoms with Crippen LogP contribution in [0.1, 0.15) is 33.8 Å². The Kier molecular flexibility index (Phi) is 3.11. The minimum Gasteiger partial charge on any atom is -0.496 e. The number of hydrogen-bond acceptors (Lipinski definition) is 4. The Bertz CT molecular complexity index is 646. The fourth-order valence-corrected chi connectivity index (χ4v) is 3.51. The van der Waals surface area contributed by atoms with Crippen LogP contribution in [-0.2, 0) is 6.42 Å². The van der Waals surface area contributed by atoms with Crippen LogP contribution in [-0.4, -0.2) is 17.9 Å². The zero-order valence-electron chi connectivity index (χ0n) is 11.0. The van der Waals surface area contributed by atoms with E-state index in [1.54, 1.807) is 18.4 Å². The van der Waals surface area contributed by atoms with Gasteiger partial charge in [0.1, 0.15) is 16.5 Å². The number of benzene rings is 1. The molecular formula is C15H15NO2S. The first-order chi connectivity index (χ1) is 9.19. The van der Waals surface area contributed by atoms with Gasteiger partial charge in [0.25, 0.3) is 0 Å². The highest BCUT2D eigenvalue weighted by molar-refractivity contribution is 7.15. The third-order valence-corrected chi connectivity index (χ3v) is 4.50. The fraction of sp³-hybridized carbons (Fsp3) is 0.333. The number of thiazole rings is 1. The monoisotopic (exact) mass is 273 g/mol. The van der Waals surface area contributed by atoms with Gasteiger partial charge in [-0.3, -0.25) is 4.79 Å². The van der Waals surface area contributed by atoms with E-state index in [2.05, 4.69) is 4.98 Å². The summed E-state index contributed by atoms with van der Waals surface area (Å²) < 4.78 is 5.42. The van der Waals surface area contributed by atoms with Crippen molar-refractivity contribution >= 4 is 17.1 Å². The van der Waals surface area contributed by atoms with E-state index in [9.17, 15) is 4.79 Å². The number of aromatic nitrogens is 1. The molecule has 0 aliphatic heterocycles. The third-order valence-electron chi connectivity index (χ3n) is 3.36. The quantitative estimate of drug-likeness (QED) is 0.838. The molecule has 4 heteroatoms. The molecule has 0 amide bonds. The molecule has 0 bridgehead atoms. The number of fused-ring (bicyclic) bond motifs is 1. The molecule has 0 saturated carbocycles. The Hall–Kier alpha value is -1.68. The maximum atomic E-state index is 11.9. The molecule has 0 atom stereocenters. The Morgan fingerprint density at radius 1 is 1.32 bits per heavy atom. The number of carbonyl (C=O) groups excluding carboxylic acids is 1. The average molecular weight is 273 g/mol. The van der Waals surface area contributed by atoms with Crippen molar-refractivity contribution in [2.24, 2.45) is 0 Å². The molecule has 1 aliphatic rings. The van der Waals surface area contributed by atoms with E-state index >= 15 is 0 Å². The number of nitrogens with zero attached hydrogens (tertiary/aromatic N) is 1. The molecule has 0 radical (unpaired) electrons. The summed E-state index contributed by atoms with van der Waals surface area (Å²) in [5.41, 5.74) is 2.80. The summed E-state index contributed by atoms with van der Waals surface area (Å²) in [7, 11) is 1.66. The molecule has 1 aromatic heterocycles. The summed E-state index contributed by atoms with van der Waals surface area (Å²) in [5, 5.41) is 0.886. The number of hydrogen-bond donors (Lipinski definition) is 0. The van der Waals surface area contributed by atoms with Crippen molar-refractivity contribution in [1.29, 1.82) is 0 Å². The Labute approximate surface area is 116 Å². The van der Waals surface area contributed by atoms with Gasteiger partial charge >= 0.3 is 0 Å². The lowest BCUT2D eigenvalue weighted by Gasteiger charge is -2.06. The van der Waals surface area contributed by atoms with Crippen LogP contribution in [0, 0.1) is 6.92 Å². The summed E-state index contributed by atoms with van der Waals surface area (Å²) in [6.07, 6.45) is 2.53. The Morgan fingerprint density at radius 2 is 2.16 bits per heavy atom. The lowest BCUT2D eigenvalue weighted by Crippen LogP contribution is -2.08. The number of ether oxygens (including phenoxy) is 1. The first-order valence-corrected chi connectivity index (χ1v) is 7.18. The van der Waals surface area contributed by atoms with E-state index in [1.165, 1.54) is 0 Å². The molecule has 0 unspecified atom stereocenters.